The van der Waals surface area contributed by atoms with Crippen LogP contribution in [0.2, 0.25) is 0 Å². The van der Waals surface area contributed by atoms with Crippen LogP contribution in [0.4, 0.5) is 5.82 Å². The predicted molar refractivity (Wildman–Crippen MR) is 38.3 cm³/mol. The highest BCUT2D eigenvalue weighted by molar-refractivity contribution is 5.21. The first-order valence-corrected chi connectivity index (χ1v) is 3.23. The molecule has 0 bridgehead atoms. The molecule has 0 aliphatic rings. The summed E-state index contributed by atoms with van der Waals surface area (Å²) in [6.07, 6.45) is 1.44. The van der Waals surface area contributed by atoms with Crippen LogP contribution in [-0.4, -0.2) is 11.5 Å². The van der Waals surface area contributed by atoms with Crippen molar-refractivity contribution in [3.8, 4) is 0 Å². The van der Waals surface area contributed by atoms with Gasteiger partial charge in [-0.2, -0.15) is 4.98 Å². The Morgan fingerprint density at radius 2 is 2.60 bits per heavy atom. The van der Waals surface area contributed by atoms with Gasteiger partial charge >= 0.3 is 0 Å². The van der Waals surface area contributed by atoms with E-state index in [4.69, 9.17) is 10.2 Å². The Balaban J connectivity index is 2.42. The van der Waals surface area contributed by atoms with Gasteiger partial charge in [-0.3, -0.25) is 0 Å². The first-order valence-electron chi connectivity index (χ1n) is 3.23. The maximum Gasteiger partial charge on any atom is 0.209 e. The number of oxazole rings is 1. The summed E-state index contributed by atoms with van der Waals surface area (Å²) in [5.41, 5.74) is 5.32. The molecule has 1 rings (SSSR count). The molecular weight excluding hydrogens is 130 g/mol. The molecule has 0 aliphatic heterocycles. The summed E-state index contributed by atoms with van der Waals surface area (Å²) in [5.74, 6) is 1.08. The van der Waals surface area contributed by atoms with E-state index in [0.29, 0.717) is 18.3 Å². The van der Waals surface area contributed by atoms with Crippen LogP contribution in [0.1, 0.15) is 12.8 Å². The molecule has 0 spiro atoms. The molecule has 3 N–H and O–H groups in total. The fraction of sp³-hybridized carbons (Fsp3) is 0.500. The summed E-state index contributed by atoms with van der Waals surface area (Å²) in [6.45, 7) is 3.57. The van der Waals surface area contributed by atoms with Crippen molar-refractivity contribution in [2.24, 2.45) is 0 Å². The second-order valence-corrected chi connectivity index (χ2v) is 1.95. The first kappa shape index (κ1) is 7.08. The van der Waals surface area contributed by atoms with Crippen molar-refractivity contribution in [2.75, 3.05) is 12.3 Å². The van der Waals surface area contributed by atoms with E-state index in [2.05, 4.69) is 10.3 Å². The monoisotopic (exact) mass is 141 g/mol. The molecule has 4 heteroatoms. The number of hydrogen-bond acceptors (Lipinski definition) is 4. The molecule has 56 valence electrons. The maximum atomic E-state index is 5.32. The van der Waals surface area contributed by atoms with Crippen LogP contribution in [0.15, 0.2) is 10.7 Å². The number of aromatic nitrogens is 1. The molecule has 0 amide bonds. The largest absolute Gasteiger partial charge is 0.445 e. The van der Waals surface area contributed by atoms with Crippen LogP contribution in [0.5, 0.6) is 0 Å². The van der Waals surface area contributed by atoms with E-state index in [1.54, 1.807) is 0 Å². The highest BCUT2D eigenvalue weighted by Crippen LogP contribution is 2.01. The lowest BCUT2D eigenvalue weighted by Crippen LogP contribution is -2.11. The van der Waals surface area contributed by atoms with Gasteiger partial charge in [0, 0.05) is 0 Å². The zero-order valence-corrected chi connectivity index (χ0v) is 5.92. The highest BCUT2D eigenvalue weighted by atomic mass is 16.3. The fourth-order valence-corrected chi connectivity index (χ4v) is 0.638. The lowest BCUT2D eigenvalue weighted by molar-refractivity contribution is 0.472. The third-order valence-corrected chi connectivity index (χ3v) is 1.10. The Bertz CT molecular complexity index is 197. The molecule has 0 atom stereocenters. The minimum Gasteiger partial charge on any atom is -0.445 e. The van der Waals surface area contributed by atoms with Crippen LogP contribution in [0.3, 0.4) is 0 Å². The minimum atomic E-state index is 0.438. The lowest BCUT2D eigenvalue weighted by atomic mass is 10.6. The Kier molecular flexibility index (Phi) is 2.28. The van der Waals surface area contributed by atoms with E-state index >= 15 is 0 Å². The average Bonchev–Trinajstić information content (AvgIpc) is 2.31. The first-order chi connectivity index (χ1) is 4.83. The standard InChI is InChI=1S/C6H11N3O/c1-2-8-3-6-9-5(7)4-10-6/h4,8H,2-3,7H2,1H3. The molecule has 4 nitrogen and oxygen atoms in total. The van der Waals surface area contributed by atoms with Gasteiger partial charge in [0.15, 0.2) is 5.82 Å². The number of nitrogen functional groups attached to an aromatic ring is 1. The smallest absolute Gasteiger partial charge is 0.209 e. The zero-order valence-electron chi connectivity index (χ0n) is 5.92. The fourth-order valence-electron chi connectivity index (χ4n) is 0.638. The molecule has 0 aromatic carbocycles. The molecular formula is C6H11N3O. The number of rotatable bonds is 3. The Morgan fingerprint density at radius 1 is 1.80 bits per heavy atom. The number of hydrogen-bond donors (Lipinski definition) is 2. The molecule has 1 aromatic heterocycles. The summed E-state index contributed by atoms with van der Waals surface area (Å²) in [5, 5.41) is 3.07. The van der Waals surface area contributed by atoms with Crippen molar-refractivity contribution in [3.05, 3.63) is 12.2 Å². The third kappa shape index (κ3) is 1.73. The summed E-state index contributed by atoms with van der Waals surface area (Å²) in [7, 11) is 0. The second-order valence-electron chi connectivity index (χ2n) is 1.95. The van der Waals surface area contributed by atoms with Gasteiger partial charge < -0.3 is 15.5 Å². The quantitative estimate of drug-likeness (QED) is 0.638. The van der Waals surface area contributed by atoms with Crippen molar-refractivity contribution >= 4 is 5.82 Å². The van der Waals surface area contributed by atoms with Crippen molar-refractivity contribution in [1.82, 2.24) is 10.3 Å². The molecule has 10 heavy (non-hydrogen) atoms. The molecule has 0 aliphatic carbocycles. The van der Waals surface area contributed by atoms with Gasteiger partial charge in [0.1, 0.15) is 6.26 Å². The molecule has 1 aromatic rings. The van der Waals surface area contributed by atoms with Crippen LogP contribution >= 0.6 is 0 Å². The summed E-state index contributed by atoms with van der Waals surface area (Å²) < 4.78 is 4.97. The van der Waals surface area contributed by atoms with Gasteiger partial charge in [0.05, 0.1) is 6.54 Å². The highest BCUT2D eigenvalue weighted by Gasteiger charge is 1.97. The van der Waals surface area contributed by atoms with E-state index in [-0.39, 0.29) is 0 Å². The summed E-state index contributed by atoms with van der Waals surface area (Å²) in [4.78, 5) is 3.90. The van der Waals surface area contributed by atoms with Crippen LogP contribution < -0.4 is 11.1 Å². The van der Waals surface area contributed by atoms with Crippen molar-refractivity contribution in [3.63, 3.8) is 0 Å². The molecule has 0 unspecified atom stereocenters. The SMILES string of the molecule is CCNCc1nc(N)co1. The second kappa shape index (κ2) is 3.22. The molecule has 0 saturated carbocycles. The summed E-state index contributed by atoms with van der Waals surface area (Å²) >= 11 is 0. The molecule has 0 saturated heterocycles. The minimum absolute atomic E-state index is 0.438. The number of nitrogens with two attached hydrogens (primary N) is 1. The lowest BCUT2D eigenvalue weighted by Gasteiger charge is -1.92. The number of anilines is 1. The number of nitrogens with one attached hydrogen (secondary N) is 1. The van der Waals surface area contributed by atoms with Crippen LogP contribution in [-0.2, 0) is 6.54 Å². The van der Waals surface area contributed by atoms with Crippen molar-refractivity contribution in [2.45, 2.75) is 13.5 Å². The molecule has 0 radical (unpaired) electrons. The topological polar surface area (TPSA) is 64.1 Å². The van der Waals surface area contributed by atoms with Crippen LogP contribution in [0, 0.1) is 0 Å². The van der Waals surface area contributed by atoms with Crippen molar-refractivity contribution < 1.29 is 4.42 Å². The van der Waals surface area contributed by atoms with E-state index < -0.39 is 0 Å². The Labute approximate surface area is 59.4 Å². The third-order valence-electron chi connectivity index (χ3n) is 1.10. The van der Waals surface area contributed by atoms with Crippen molar-refractivity contribution in [1.29, 1.82) is 0 Å². The van der Waals surface area contributed by atoms with E-state index in [0.717, 1.165) is 6.54 Å². The van der Waals surface area contributed by atoms with E-state index in [1.165, 1.54) is 6.26 Å². The van der Waals surface area contributed by atoms with E-state index in [9.17, 15) is 0 Å². The normalized spacial score (nSPS) is 10.1. The summed E-state index contributed by atoms with van der Waals surface area (Å²) in [6, 6.07) is 0. The van der Waals surface area contributed by atoms with Gasteiger partial charge in [-0.25, -0.2) is 0 Å². The van der Waals surface area contributed by atoms with Gasteiger partial charge in [-0.1, -0.05) is 6.92 Å². The zero-order chi connectivity index (χ0) is 7.40. The Hall–Kier alpha value is -1.03. The van der Waals surface area contributed by atoms with Gasteiger partial charge in [0.2, 0.25) is 5.89 Å². The van der Waals surface area contributed by atoms with Gasteiger partial charge in [-0.15, -0.1) is 0 Å². The molecule has 1 heterocycles. The van der Waals surface area contributed by atoms with Gasteiger partial charge in [-0.05, 0) is 6.54 Å². The molecule has 0 fully saturated rings. The Morgan fingerprint density at radius 3 is 3.10 bits per heavy atom. The predicted octanol–water partition coefficient (Wildman–Crippen LogP) is 0.366. The van der Waals surface area contributed by atoms with Gasteiger partial charge in [0.25, 0.3) is 0 Å². The van der Waals surface area contributed by atoms with E-state index in [1.807, 2.05) is 6.92 Å². The average molecular weight is 141 g/mol. The maximum absolute atomic E-state index is 5.32. The number of nitrogens with zero attached hydrogens (tertiary/aromatic N) is 1. The van der Waals surface area contributed by atoms with Crippen LogP contribution in [0.25, 0.3) is 0 Å².